The second kappa shape index (κ2) is 6.56. The predicted octanol–water partition coefficient (Wildman–Crippen LogP) is 3.46. The molecule has 0 bridgehead atoms. The molecule has 6 nitrogen and oxygen atoms in total. The SMILES string of the molecule is Cc1cc(C)n(-c2nc(N3CCOCC3)c3c4c(sc3n2)CC[C@H](C)C4)n1. The molecule has 1 aliphatic carbocycles. The number of rotatable bonds is 2. The van der Waals surface area contributed by atoms with Crippen molar-refractivity contribution in [3.05, 3.63) is 27.9 Å². The fraction of sp³-hybridized carbons (Fsp3) is 0.550. The number of nitrogens with zero attached hydrogens (tertiary/aromatic N) is 5. The van der Waals surface area contributed by atoms with Gasteiger partial charge in [0.25, 0.3) is 5.95 Å². The minimum atomic E-state index is 0.682. The highest BCUT2D eigenvalue weighted by Gasteiger charge is 2.27. The molecule has 4 heterocycles. The van der Waals surface area contributed by atoms with Crippen LogP contribution >= 0.6 is 11.3 Å². The maximum Gasteiger partial charge on any atom is 0.254 e. The van der Waals surface area contributed by atoms with Crippen molar-refractivity contribution in [2.24, 2.45) is 5.92 Å². The number of fused-ring (bicyclic) bond motifs is 3. The maximum absolute atomic E-state index is 5.58. The summed E-state index contributed by atoms with van der Waals surface area (Å²) in [5.74, 6) is 2.47. The Hall–Kier alpha value is -1.99. The lowest BCUT2D eigenvalue weighted by molar-refractivity contribution is 0.122. The number of thiophene rings is 1. The van der Waals surface area contributed by atoms with E-state index in [4.69, 9.17) is 14.7 Å². The summed E-state index contributed by atoms with van der Waals surface area (Å²) in [6.45, 7) is 9.68. The van der Waals surface area contributed by atoms with Gasteiger partial charge in [0.15, 0.2) is 0 Å². The molecule has 3 aromatic heterocycles. The number of ether oxygens (including phenoxy) is 1. The topological polar surface area (TPSA) is 56.1 Å². The summed E-state index contributed by atoms with van der Waals surface area (Å²) in [7, 11) is 0. The standard InChI is InChI=1S/C20H25N5OS/c1-12-4-5-16-15(10-12)17-18(24-6-8-26-9-7-24)21-20(22-19(17)27-16)25-14(3)11-13(2)23-25/h11-12H,4-10H2,1-3H3/t12-/m0/s1. The zero-order chi connectivity index (χ0) is 18.5. The predicted molar refractivity (Wildman–Crippen MR) is 108 cm³/mol. The third kappa shape index (κ3) is 2.93. The maximum atomic E-state index is 5.58. The summed E-state index contributed by atoms with van der Waals surface area (Å²) < 4.78 is 7.46. The van der Waals surface area contributed by atoms with E-state index in [0.717, 1.165) is 67.1 Å². The van der Waals surface area contributed by atoms with E-state index in [9.17, 15) is 0 Å². The zero-order valence-electron chi connectivity index (χ0n) is 16.2. The molecule has 1 atom stereocenters. The molecule has 0 unspecified atom stereocenters. The van der Waals surface area contributed by atoms with Gasteiger partial charge in [0.2, 0.25) is 0 Å². The molecule has 142 valence electrons. The number of hydrogen-bond donors (Lipinski definition) is 0. The van der Waals surface area contributed by atoms with E-state index in [1.165, 1.54) is 22.2 Å². The van der Waals surface area contributed by atoms with Crippen LogP contribution in [-0.2, 0) is 17.6 Å². The van der Waals surface area contributed by atoms with E-state index < -0.39 is 0 Å². The molecule has 2 aliphatic rings. The monoisotopic (exact) mass is 383 g/mol. The lowest BCUT2D eigenvalue weighted by Crippen LogP contribution is -2.37. The van der Waals surface area contributed by atoms with Gasteiger partial charge in [0.1, 0.15) is 10.6 Å². The summed E-state index contributed by atoms with van der Waals surface area (Å²) in [4.78, 5) is 15.0. The van der Waals surface area contributed by atoms with Gasteiger partial charge in [0.05, 0.1) is 24.3 Å². The van der Waals surface area contributed by atoms with Gasteiger partial charge in [-0.2, -0.15) is 15.1 Å². The second-order valence-electron chi connectivity index (χ2n) is 7.82. The molecule has 1 fully saturated rings. The van der Waals surface area contributed by atoms with Gasteiger partial charge in [-0.05, 0) is 50.7 Å². The first-order valence-corrected chi connectivity index (χ1v) is 10.6. The van der Waals surface area contributed by atoms with E-state index in [2.05, 4.69) is 29.9 Å². The second-order valence-corrected chi connectivity index (χ2v) is 8.90. The molecule has 0 radical (unpaired) electrons. The third-order valence-electron chi connectivity index (χ3n) is 5.63. The molecule has 0 N–H and O–H groups in total. The number of aryl methyl sites for hydroxylation is 3. The van der Waals surface area contributed by atoms with Crippen molar-refractivity contribution >= 4 is 27.4 Å². The number of anilines is 1. The minimum Gasteiger partial charge on any atom is -0.378 e. The molecule has 1 saturated heterocycles. The minimum absolute atomic E-state index is 0.682. The van der Waals surface area contributed by atoms with Gasteiger partial charge in [-0.15, -0.1) is 11.3 Å². The van der Waals surface area contributed by atoms with Gasteiger partial charge < -0.3 is 9.64 Å². The van der Waals surface area contributed by atoms with Crippen LogP contribution < -0.4 is 4.90 Å². The van der Waals surface area contributed by atoms with Crippen LogP contribution in [0.5, 0.6) is 0 Å². The zero-order valence-corrected chi connectivity index (χ0v) is 17.0. The Morgan fingerprint density at radius 3 is 2.74 bits per heavy atom. The molecular weight excluding hydrogens is 358 g/mol. The van der Waals surface area contributed by atoms with Gasteiger partial charge in [0, 0.05) is 23.7 Å². The van der Waals surface area contributed by atoms with Crippen LogP contribution in [0.3, 0.4) is 0 Å². The molecular formula is C20H25N5OS. The van der Waals surface area contributed by atoms with Crippen LogP contribution in [0, 0.1) is 19.8 Å². The Labute approximate surface area is 163 Å². The van der Waals surface area contributed by atoms with E-state index in [0.29, 0.717) is 5.95 Å². The van der Waals surface area contributed by atoms with Crippen molar-refractivity contribution in [2.45, 2.75) is 40.0 Å². The molecule has 0 amide bonds. The molecule has 0 spiro atoms. The summed E-state index contributed by atoms with van der Waals surface area (Å²) in [5, 5.41) is 5.89. The van der Waals surface area contributed by atoms with E-state index >= 15 is 0 Å². The quantitative estimate of drug-likeness (QED) is 0.678. The largest absolute Gasteiger partial charge is 0.378 e. The summed E-state index contributed by atoms with van der Waals surface area (Å²) >= 11 is 1.85. The molecule has 27 heavy (non-hydrogen) atoms. The Balaban J connectivity index is 1.73. The van der Waals surface area contributed by atoms with Crippen molar-refractivity contribution < 1.29 is 4.74 Å². The summed E-state index contributed by atoms with van der Waals surface area (Å²) in [6, 6.07) is 2.07. The van der Waals surface area contributed by atoms with Crippen molar-refractivity contribution in [1.29, 1.82) is 0 Å². The van der Waals surface area contributed by atoms with Gasteiger partial charge in [-0.25, -0.2) is 4.68 Å². The third-order valence-corrected chi connectivity index (χ3v) is 6.82. The van der Waals surface area contributed by atoms with Crippen LogP contribution in [0.15, 0.2) is 6.07 Å². The lowest BCUT2D eigenvalue weighted by atomic mass is 9.88. The fourth-order valence-electron chi connectivity index (χ4n) is 4.25. The Morgan fingerprint density at radius 1 is 1.19 bits per heavy atom. The highest BCUT2D eigenvalue weighted by Crippen LogP contribution is 2.41. The molecule has 7 heteroatoms. The van der Waals surface area contributed by atoms with Crippen molar-refractivity contribution in [3.8, 4) is 5.95 Å². The highest BCUT2D eigenvalue weighted by molar-refractivity contribution is 7.19. The van der Waals surface area contributed by atoms with E-state index in [1.54, 1.807) is 0 Å². The molecule has 0 aromatic carbocycles. The Bertz CT molecular complexity index is 1000. The molecule has 3 aromatic rings. The number of morpholine rings is 1. The van der Waals surface area contributed by atoms with E-state index in [1.807, 2.05) is 22.9 Å². The average Bonchev–Trinajstić information content (AvgIpc) is 3.20. The lowest BCUT2D eigenvalue weighted by Gasteiger charge is -2.29. The van der Waals surface area contributed by atoms with Gasteiger partial charge >= 0.3 is 0 Å². The van der Waals surface area contributed by atoms with Gasteiger partial charge in [-0.3, -0.25) is 0 Å². The normalized spacial score (nSPS) is 20.3. The van der Waals surface area contributed by atoms with Crippen LogP contribution in [-0.4, -0.2) is 46.1 Å². The molecule has 1 aliphatic heterocycles. The first kappa shape index (κ1) is 17.1. The van der Waals surface area contributed by atoms with Crippen molar-refractivity contribution in [1.82, 2.24) is 19.7 Å². The van der Waals surface area contributed by atoms with Crippen molar-refractivity contribution in [3.63, 3.8) is 0 Å². The smallest absolute Gasteiger partial charge is 0.254 e. The first-order chi connectivity index (χ1) is 13.1. The molecule has 0 saturated carbocycles. The fourth-order valence-corrected chi connectivity index (χ4v) is 5.46. The van der Waals surface area contributed by atoms with Crippen LogP contribution in [0.25, 0.3) is 16.2 Å². The first-order valence-electron chi connectivity index (χ1n) is 9.79. The van der Waals surface area contributed by atoms with Crippen LogP contribution in [0.4, 0.5) is 5.82 Å². The van der Waals surface area contributed by atoms with Crippen LogP contribution in [0.1, 0.15) is 35.2 Å². The van der Waals surface area contributed by atoms with Crippen LogP contribution in [0.2, 0.25) is 0 Å². The summed E-state index contributed by atoms with van der Waals surface area (Å²) in [6.07, 6.45) is 3.56. The number of aromatic nitrogens is 4. The van der Waals surface area contributed by atoms with Gasteiger partial charge in [-0.1, -0.05) is 6.92 Å². The Kier molecular flexibility index (Phi) is 4.16. The summed E-state index contributed by atoms with van der Waals surface area (Å²) in [5.41, 5.74) is 3.54. The number of hydrogen-bond acceptors (Lipinski definition) is 6. The Morgan fingerprint density at radius 2 is 2.00 bits per heavy atom. The van der Waals surface area contributed by atoms with Crippen molar-refractivity contribution in [2.75, 3.05) is 31.2 Å². The molecule has 5 rings (SSSR count). The van der Waals surface area contributed by atoms with E-state index in [-0.39, 0.29) is 0 Å². The average molecular weight is 384 g/mol. The highest BCUT2D eigenvalue weighted by atomic mass is 32.1.